The summed E-state index contributed by atoms with van der Waals surface area (Å²) in [5.41, 5.74) is 0.359. The van der Waals surface area contributed by atoms with Crippen molar-refractivity contribution in [1.29, 1.82) is 0 Å². The number of alkyl halides is 3. The average molecular weight is 258 g/mol. The fourth-order valence-electron chi connectivity index (χ4n) is 1.72. The molecule has 96 valence electrons. The van der Waals surface area contributed by atoms with Crippen molar-refractivity contribution in [2.75, 3.05) is 0 Å². The van der Waals surface area contributed by atoms with E-state index in [0.29, 0.717) is 10.9 Å². The van der Waals surface area contributed by atoms with Gasteiger partial charge in [0, 0.05) is 18.0 Å². The Morgan fingerprint density at radius 1 is 1.33 bits per heavy atom. The lowest BCUT2D eigenvalue weighted by atomic mass is 10.2. The van der Waals surface area contributed by atoms with Crippen LogP contribution in [0, 0.1) is 0 Å². The number of nitrogens with zero attached hydrogens (tertiary/aromatic N) is 1. The Hall–Kier alpha value is -2.18. The van der Waals surface area contributed by atoms with Gasteiger partial charge in [-0.25, -0.2) is 0 Å². The van der Waals surface area contributed by atoms with Gasteiger partial charge in [0.25, 0.3) is 0 Å². The number of aromatic carboxylic acids is 1. The normalized spacial score (nSPS) is 11.8. The first-order valence-corrected chi connectivity index (χ1v) is 4.84. The van der Waals surface area contributed by atoms with E-state index in [9.17, 15) is 23.1 Å². The Balaban J connectivity index is 2.49. The number of hydrogen-bond donors (Lipinski definition) is 0. The Bertz CT molecular complexity index is 616. The van der Waals surface area contributed by atoms with Crippen molar-refractivity contribution in [2.24, 2.45) is 7.05 Å². The van der Waals surface area contributed by atoms with Gasteiger partial charge >= 0.3 is 6.36 Å². The highest BCUT2D eigenvalue weighted by molar-refractivity contribution is 5.94. The summed E-state index contributed by atoms with van der Waals surface area (Å²) >= 11 is 0. The summed E-state index contributed by atoms with van der Waals surface area (Å²) < 4.78 is 41.1. The highest BCUT2D eigenvalue weighted by atomic mass is 19.4. The van der Waals surface area contributed by atoms with Crippen molar-refractivity contribution in [3.63, 3.8) is 0 Å². The number of carbonyl (C=O) groups is 1. The Kier molecular flexibility index (Phi) is 2.68. The van der Waals surface area contributed by atoms with Crippen LogP contribution in [0.3, 0.4) is 0 Å². The predicted molar refractivity (Wildman–Crippen MR) is 53.9 cm³/mol. The second kappa shape index (κ2) is 3.94. The van der Waals surface area contributed by atoms with E-state index in [1.54, 1.807) is 0 Å². The molecule has 0 spiro atoms. The molecule has 0 atom stereocenters. The maximum Gasteiger partial charge on any atom is 0.573 e. The number of aryl methyl sites for hydroxylation is 1. The quantitative estimate of drug-likeness (QED) is 0.819. The smallest absolute Gasteiger partial charge is 0.543 e. The Labute approximate surface area is 99.2 Å². The summed E-state index contributed by atoms with van der Waals surface area (Å²) in [5, 5.41) is 11.1. The maximum atomic E-state index is 12.0. The van der Waals surface area contributed by atoms with Crippen LogP contribution in [0.15, 0.2) is 24.3 Å². The molecule has 0 aliphatic carbocycles. The second-order valence-corrected chi connectivity index (χ2v) is 3.64. The number of aromatic nitrogens is 1. The lowest BCUT2D eigenvalue weighted by Crippen LogP contribution is -2.24. The van der Waals surface area contributed by atoms with Crippen LogP contribution < -0.4 is 9.84 Å². The zero-order chi connectivity index (χ0) is 13.5. The minimum atomic E-state index is -4.78. The first-order chi connectivity index (χ1) is 8.28. The van der Waals surface area contributed by atoms with Crippen LogP contribution in [0.1, 0.15) is 10.5 Å². The van der Waals surface area contributed by atoms with E-state index in [4.69, 9.17) is 0 Å². The number of rotatable bonds is 2. The van der Waals surface area contributed by atoms with Crippen molar-refractivity contribution in [2.45, 2.75) is 6.36 Å². The van der Waals surface area contributed by atoms with E-state index in [-0.39, 0.29) is 5.69 Å². The molecule has 0 bridgehead atoms. The zero-order valence-corrected chi connectivity index (χ0v) is 9.12. The van der Waals surface area contributed by atoms with Crippen LogP contribution in [0.25, 0.3) is 10.9 Å². The van der Waals surface area contributed by atoms with Gasteiger partial charge < -0.3 is 19.2 Å². The van der Waals surface area contributed by atoms with Crippen molar-refractivity contribution >= 4 is 16.9 Å². The molecule has 0 saturated heterocycles. The molecule has 1 aromatic carbocycles. The molecule has 2 rings (SSSR count). The Morgan fingerprint density at radius 3 is 2.56 bits per heavy atom. The van der Waals surface area contributed by atoms with E-state index in [1.165, 1.54) is 23.7 Å². The number of carbonyl (C=O) groups excluding carboxylic acids is 1. The van der Waals surface area contributed by atoms with Gasteiger partial charge in [-0.3, -0.25) is 0 Å². The Morgan fingerprint density at radius 2 is 2.00 bits per heavy atom. The van der Waals surface area contributed by atoms with Crippen molar-refractivity contribution in [3.05, 3.63) is 30.0 Å². The fraction of sp³-hybridized carbons (Fsp3) is 0.182. The molecule has 18 heavy (non-hydrogen) atoms. The molecule has 0 saturated carbocycles. The highest BCUT2D eigenvalue weighted by Gasteiger charge is 2.31. The molecule has 0 amide bonds. The number of carboxylic acids is 1. The molecule has 0 N–H and O–H groups in total. The van der Waals surface area contributed by atoms with E-state index in [0.717, 1.165) is 12.1 Å². The minimum Gasteiger partial charge on any atom is -0.543 e. The van der Waals surface area contributed by atoms with Gasteiger partial charge in [0.2, 0.25) is 0 Å². The van der Waals surface area contributed by atoms with Gasteiger partial charge in [0.1, 0.15) is 5.75 Å². The standard InChI is InChI=1S/C11H8F3NO3/c1-15-8-3-2-7(18-11(12,13)14)4-6(8)5-9(15)10(16)17/h2-5H,1H3,(H,16,17)/p-1. The summed E-state index contributed by atoms with van der Waals surface area (Å²) in [6.07, 6.45) is -4.78. The largest absolute Gasteiger partial charge is 0.573 e. The lowest BCUT2D eigenvalue weighted by Gasteiger charge is -2.08. The van der Waals surface area contributed by atoms with Gasteiger partial charge in [-0.05, 0) is 24.3 Å². The van der Waals surface area contributed by atoms with Crippen molar-refractivity contribution < 1.29 is 27.8 Å². The average Bonchev–Trinajstić information content (AvgIpc) is 2.53. The van der Waals surface area contributed by atoms with Crippen LogP contribution >= 0.6 is 0 Å². The molecule has 0 radical (unpaired) electrons. The molecular formula is C11H7F3NO3-. The predicted octanol–water partition coefficient (Wildman–Crippen LogP) is 1.44. The van der Waals surface area contributed by atoms with E-state index in [1.807, 2.05) is 0 Å². The van der Waals surface area contributed by atoms with Gasteiger partial charge in [-0.2, -0.15) is 0 Å². The van der Waals surface area contributed by atoms with E-state index < -0.39 is 18.1 Å². The molecule has 2 aromatic rings. The molecule has 4 nitrogen and oxygen atoms in total. The van der Waals surface area contributed by atoms with Crippen LogP contribution in [0.4, 0.5) is 13.2 Å². The van der Waals surface area contributed by atoms with E-state index >= 15 is 0 Å². The molecule has 7 heteroatoms. The number of carboxylic acid groups (broad SMARTS) is 1. The summed E-state index contributed by atoms with van der Waals surface area (Å²) in [7, 11) is 1.48. The number of hydrogen-bond acceptors (Lipinski definition) is 3. The van der Waals surface area contributed by atoms with Gasteiger partial charge in [0.15, 0.2) is 0 Å². The van der Waals surface area contributed by atoms with Crippen LogP contribution in [0.5, 0.6) is 5.75 Å². The van der Waals surface area contributed by atoms with E-state index in [2.05, 4.69) is 4.74 Å². The molecule has 0 aliphatic rings. The number of halogens is 3. The first kappa shape index (κ1) is 12.3. The molecule has 1 heterocycles. The summed E-state index contributed by atoms with van der Waals surface area (Å²) in [6, 6.07) is 4.82. The van der Waals surface area contributed by atoms with Crippen molar-refractivity contribution in [1.82, 2.24) is 4.57 Å². The van der Waals surface area contributed by atoms with Gasteiger partial charge in [-0.15, -0.1) is 13.2 Å². The van der Waals surface area contributed by atoms with Gasteiger partial charge in [-0.1, -0.05) is 0 Å². The number of benzene rings is 1. The molecule has 0 fully saturated rings. The first-order valence-electron chi connectivity index (χ1n) is 4.84. The third-order valence-electron chi connectivity index (χ3n) is 2.46. The third-order valence-corrected chi connectivity index (χ3v) is 2.46. The summed E-state index contributed by atoms with van der Waals surface area (Å²) in [4.78, 5) is 10.8. The highest BCUT2D eigenvalue weighted by Crippen LogP contribution is 2.27. The van der Waals surface area contributed by atoms with Crippen LogP contribution in [-0.4, -0.2) is 16.9 Å². The van der Waals surface area contributed by atoms with Crippen LogP contribution in [0.2, 0.25) is 0 Å². The second-order valence-electron chi connectivity index (χ2n) is 3.64. The topological polar surface area (TPSA) is 54.3 Å². The van der Waals surface area contributed by atoms with Gasteiger partial charge in [0.05, 0.1) is 11.7 Å². The zero-order valence-electron chi connectivity index (χ0n) is 9.12. The molecule has 1 aromatic heterocycles. The molecule has 0 unspecified atom stereocenters. The third kappa shape index (κ3) is 2.24. The SMILES string of the molecule is Cn1c(C(=O)[O-])cc2cc(OC(F)(F)F)ccc21. The number of fused-ring (bicyclic) bond motifs is 1. The minimum absolute atomic E-state index is 0.117. The fourth-order valence-corrected chi connectivity index (χ4v) is 1.72. The summed E-state index contributed by atoms with van der Waals surface area (Å²) in [6.45, 7) is 0. The monoisotopic (exact) mass is 258 g/mol. The lowest BCUT2D eigenvalue weighted by molar-refractivity contribution is -0.274. The summed E-state index contributed by atoms with van der Waals surface area (Å²) in [5.74, 6) is -1.79. The molecular weight excluding hydrogens is 251 g/mol. The van der Waals surface area contributed by atoms with Crippen molar-refractivity contribution in [3.8, 4) is 5.75 Å². The maximum absolute atomic E-state index is 12.0. The van der Waals surface area contributed by atoms with Crippen LogP contribution in [-0.2, 0) is 7.05 Å². The number of ether oxygens (including phenoxy) is 1. The molecule has 0 aliphatic heterocycles.